The number of pyridine rings is 1. The average molecular weight is 399 g/mol. The zero-order valence-corrected chi connectivity index (χ0v) is 17.5. The van der Waals surface area contributed by atoms with E-state index in [4.69, 9.17) is 0 Å². The van der Waals surface area contributed by atoms with Gasteiger partial charge in [0.25, 0.3) is 0 Å². The van der Waals surface area contributed by atoms with E-state index < -0.39 is 5.66 Å². The minimum absolute atomic E-state index is 0.0693. The first-order valence-corrected chi connectivity index (χ1v) is 11.2. The van der Waals surface area contributed by atoms with Crippen LogP contribution in [-0.4, -0.2) is 36.8 Å². The van der Waals surface area contributed by atoms with Crippen LogP contribution in [0.2, 0.25) is 0 Å². The Morgan fingerprint density at radius 1 is 1.14 bits per heavy atom. The number of hydrogen-bond donors (Lipinski definition) is 3. The third-order valence-corrected chi connectivity index (χ3v) is 6.14. The Morgan fingerprint density at radius 2 is 1.79 bits per heavy atom. The van der Waals surface area contributed by atoms with Crippen molar-refractivity contribution in [3.05, 3.63) is 59.9 Å². The van der Waals surface area contributed by atoms with Gasteiger partial charge in [-0.2, -0.15) is 0 Å². The van der Waals surface area contributed by atoms with Crippen LogP contribution in [0.15, 0.2) is 53.7 Å². The van der Waals surface area contributed by atoms with E-state index >= 15 is 0 Å². The first-order valence-electron chi connectivity index (χ1n) is 9.93. The quantitative estimate of drug-likeness (QED) is 0.471. The molecule has 3 rings (SSSR count). The van der Waals surface area contributed by atoms with Crippen LogP contribution >= 0.6 is 11.8 Å². The summed E-state index contributed by atoms with van der Waals surface area (Å²) in [5.41, 5.74) is 1.25. The van der Waals surface area contributed by atoms with Crippen molar-refractivity contribution in [3.8, 4) is 0 Å². The van der Waals surface area contributed by atoms with Gasteiger partial charge in [-0.1, -0.05) is 12.1 Å². The number of amides is 1. The molecule has 1 aromatic heterocycles. The lowest BCUT2D eigenvalue weighted by Gasteiger charge is -2.37. The van der Waals surface area contributed by atoms with Crippen LogP contribution in [0.1, 0.15) is 37.3 Å². The van der Waals surface area contributed by atoms with E-state index in [1.54, 1.807) is 31.1 Å². The van der Waals surface area contributed by atoms with E-state index in [1.165, 1.54) is 17.7 Å². The van der Waals surface area contributed by atoms with Crippen LogP contribution in [0.25, 0.3) is 0 Å². The molecule has 1 aliphatic rings. The molecule has 0 bridgehead atoms. The van der Waals surface area contributed by atoms with Gasteiger partial charge in [-0.25, -0.2) is 0 Å². The Balaban J connectivity index is 1.90. The van der Waals surface area contributed by atoms with Crippen molar-refractivity contribution in [3.63, 3.8) is 0 Å². The first kappa shape index (κ1) is 20.8. The highest BCUT2D eigenvalue weighted by molar-refractivity contribution is 7.98. The Hall–Kier alpha value is -1.89. The number of hydrogen-bond acceptors (Lipinski definition) is 5. The lowest BCUT2D eigenvalue weighted by Crippen LogP contribution is -2.57. The molecule has 28 heavy (non-hydrogen) atoms. The summed E-state index contributed by atoms with van der Waals surface area (Å²) in [4.78, 5) is 17.6. The molecule has 150 valence electrons. The Bertz CT molecular complexity index is 747. The molecule has 1 atom stereocenters. The first-order chi connectivity index (χ1) is 13.6. The van der Waals surface area contributed by atoms with Gasteiger partial charge in [-0.15, -0.1) is 11.8 Å². The van der Waals surface area contributed by atoms with Crippen molar-refractivity contribution in [2.24, 2.45) is 5.92 Å². The molecule has 2 aromatic rings. The molecule has 1 aliphatic heterocycles. The molecular formula is C22H30N4OS. The highest BCUT2D eigenvalue weighted by Crippen LogP contribution is 2.29. The molecule has 0 spiro atoms. The summed E-state index contributed by atoms with van der Waals surface area (Å²) in [6, 6.07) is 12.3. The van der Waals surface area contributed by atoms with Crippen LogP contribution in [-0.2, 0) is 10.5 Å². The molecule has 5 nitrogen and oxygen atoms in total. The Labute approximate surface area is 172 Å². The van der Waals surface area contributed by atoms with Gasteiger partial charge < -0.3 is 10.6 Å². The number of piperidine rings is 1. The minimum Gasteiger partial charge on any atom is -0.330 e. The van der Waals surface area contributed by atoms with Gasteiger partial charge in [-0.3, -0.25) is 15.1 Å². The van der Waals surface area contributed by atoms with Crippen molar-refractivity contribution in [1.82, 2.24) is 20.9 Å². The second-order valence-electron chi connectivity index (χ2n) is 7.30. The van der Waals surface area contributed by atoms with Crippen molar-refractivity contribution in [2.75, 3.05) is 25.9 Å². The van der Waals surface area contributed by atoms with Gasteiger partial charge in [0.1, 0.15) is 5.66 Å². The summed E-state index contributed by atoms with van der Waals surface area (Å²) in [5.74, 6) is 0.653. The molecule has 1 saturated heterocycles. The van der Waals surface area contributed by atoms with Gasteiger partial charge in [0, 0.05) is 24.2 Å². The number of thioether (sulfide) groups is 1. The molecular weight excluding hydrogens is 368 g/mol. The molecule has 1 fully saturated rings. The van der Waals surface area contributed by atoms with E-state index in [1.807, 2.05) is 12.1 Å². The van der Waals surface area contributed by atoms with E-state index in [0.717, 1.165) is 43.1 Å². The summed E-state index contributed by atoms with van der Waals surface area (Å²) in [5, 5.41) is 10.3. The Morgan fingerprint density at radius 3 is 2.39 bits per heavy atom. The van der Waals surface area contributed by atoms with Crippen molar-refractivity contribution < 1.29 is 4.79 Å². The predicted octanol–water partition coefficient (Wildman–Crippen LogP) is 3.12. The van der Waals surface area contributed by atoms with Gasteiger partial charge >= 0.3 is 0 Å². The number of carbonyl (C=O) groups is 1. The third kappa shape index (κ3) is 5.13. The molecule has 1 amide bonds. The van der Waals surface area contributed by atoms with Crippen molar-refractivity contribution >= 4 is 17.7 Å². The maximum atomic E-state index is 12.2. The lowest BCUT2D eigenvalue weighted by atomic mass is 9.90. The highest BCUT2D eigenvalue weighted by Gasteiger charge is 2.35. The van der Waals surface area contributed by atoms with E-state index in [-0.39, 0.29) is 5.91 Å². The van der Waals surface area contributed by atoms with Gasteiger partial charge in [0.05, 0.1) is 0 Å². The summed E-state index contributed by atoms with van der Waals surface area (Å²) in [6.45, 7) is 4.60. The largest absolute Gasteiger partial charge is 0.330 e. The SMILES string of the molecule is CSc1ccc(C(NCCC2CCNCC2)(NC(C)=O)c2ccncc2)cc1. The summed E-state index contributed by atoms with van der Waals surface area (Å²) >= 11 is 1.71. The fourth-order valence-corrected chi connectivity index (χ4v) is 4.31. The summed E-state index contributed by atoms with van der Waals surface area (Å²) in [6.07, 6.45) is 9.14. The molecule has 0 saturated carbocycles. The topological polar surface area (TPSA) is 66.0 Å². The smallest absolute Gasteiger partial charge is 0.218 e. The van der Waals surface area contributed by atoms with Gasteiger partial charge in [-0.05, 0) is 86.5 Å². The molecule has 3 N–H and O–H groups in total. The molecule has 2 heterocycles. The third-order valence-electron chi connectivity index (χ3n) is 5.40. The number of nitrogens with one attached hydrogen (secondary N) is 3. The number of nitrogens with zero attached hydrogens (tertiary/aromatic N) is 1. The summed E-state index contributed by atoms with van der Waals surface area (Å²) in [7, 11) is 0. The number of aromatic nitrogens is 1. The fraction of sp³-hybridized carbons (Fsp3) is 0.455. The summed E-state index contributed by atoms with van der Waals surface area (Å²) < 4.78 is 0. The molecule has 0 radical (unpaired) electrons. The highest BCUT2D eigenvalue weighted by atomic mass is 32.2. The average Bonchev–Trinajstić information content (AvgIpc) is 2.74. The van der Waals surface area contributed by atoms with Crippen molar-refractivity contribution in [2.45, 2.75) is 36.7 Å². The van der Waals surface area contributed by atoms with Gasteiger partial charge in [0.15, 0.2) is 0 Å². The number of carbonyl (C=O) groups excluding carboxylic acids is 1. The number of benzene rings is 1. The fourth-order valence-electron chi connectivity index (χ4n) is 3.90. The predicted molar refractivity (Wildman–Crippen MR) is 115 cm³/mol. The second kappa shape index (κ2) is 10.0. The van der Waals surface area contributed by atoms with Crippen LogP contribution in [0.3, 0.4) is 0 Å². The normalized spacial score (nSPS) is 17.1. The maximum absolute atomic E-state index is 12.2. The van der Waals surface area contributed by atoms with E-state index in [9.17, 15) is 4.79 Å². The molecule has 6 heteroatoms. The van der Waals surface area contributed by atoms with Crippen molar-refractivity contribution in [1.29, 1.82) is 0 Å². The minimum atomic E-state index is -0.765. The van der Waals surface area contributed by atoms with Crippen LogP contribution in [0, 0.1) is 5.92 Å². The zero-order chi connectivity index (χ0) is 19.8. The van der Waals surface area contributed by atoms with Gasteiger partial charge in [0.2, 0.25) is 5.91 Å². The van der Waals surface area contributed by atoms with E-state index in [2.05, 4.69) is 51.5 Å². The maximum Gasteiger partial charge on any atom is 0.218 e. The molecule has 1 unspecified atom stereocenters. The van der Waals surface area contributed by atoms with Crippen LogP contribution in [0.5, 0.6) is 0 Å². The van der Waals surface area contributed by atoms with Crippen LogP contribution < -0.4 is 16.0 Å². The molecule has 0 aliphatic carbocycles. The Kier molecular flexibility index (Phi) is 7.48. The number of rotatable bonds is 8. The van der Waals surface area contributed by atoms with E-state index in [0.29, 0.717) is 0 Å². The standard InChI is InChI=1S/C22H30N4OS/c1-17(27)26-22(20-10-14-24-15-11-20,19-3-5-21(28-2)6-4-19)25-16-9-18-7-12-23-13-8-18/h3-6,10-11,14-15,18,23,25H,7-9,12-13,16H2,1-2H3,(H,26,27). The molecule has 1 aromatic carbocycles. The monoisotopic (exact) mass is 398 g/mol. The van der Waals surface area contributed by atoms with Crippen LogP contribution in [0.4, 0.5) is 0 Å². The second-order valence-corrected chi connectivity index (χ2v) is 8.18. The zero-order valence-electron chi connectivity index (χ0n) is 16.7. The lowest BCUT2D eigenvalue weighted by molar-refractivity contribution is -0.120.